The molecule has 2 aromatic heterocycles. The fraction of sp³-hybridized carbons (Fsp3) is 0.333. The van der Waals surface area contributed by atoms with Crippen LogP contribution in [-0.2, 0) is 5.41 Å². The van der Waals surface area contributed by atoms with Crippen LogP contribution in [-0.4, -0.2) is 9.97 Å². The third-order valence-corrected chi connectivity index (χ3v) is 3.66. The van der Waals surface area contributed by atoms with Gasteiger partial charge < -0.3 is 0 Å². The van der Waals surface area contributed by atoms with Crippen LogP contribution in [0.25, 0.3) is 11.1 Å². The lowest BCUT2D eigenvalue weighted by Crippen LogP contribution is -2.16. The standard InChI is InChI=1S/C15H17BrN2/c1-10-13(16)9-12(11-5-7-17-8-6-11)14(18-10)15(2,3)4/h5-9H,1-4H3. The molecule has 0 bridgehead atoms. The molecule has 0 aliphatic carbocycles. The van der Waals surface area contributed by atoms with Crippen LogP contribution < -0.4 is 0 Å². The Balaban J connectivity index is 2.70. The number of aromatic nitrogens is 2. The SMILES string of the molecule is Cc1nc(C(C)(C)C)c(-c2ccncc2)cc1Br. The van der Waals surface area contributed by atoms with Crippen molar-refractivity contribution in [2.75, 3.05) is 0 Å². The summed E-state index contributed by atoms with van der Waals surface area (Å²) in [4.78, 5) is 8.82. The number of rotatable bonds is 1. The van der Waals surface area contributed by atoms with Gasteiger partial charge in [0.1, 0.15) is 0 Å². The smallest absolute Gasteiger partial charge is 0.0539 e. The van der Waals surface area contributed by atoms with Crippen molar-refractivity contribution in [1.29, 1.82) is 0 Å². The molecule has 0 fully saturated rings. The maximum atomic E-state index is 4.75. The summed E-state index contributed by atoms with van der Waals surface area (Å²) in [7, 11) is 0. The lowest BCUT2D eigenvalue weighted by atomic mass is 9.86. The van der Waals surface area contributed by atoms with Crippen LogP contribution in [0.1, 0.15) is 32.2 Å². The Bertz CT molecular complexity index is 557. The van der Waals surface area contributed by atoms with Crippen molar-refractivity contribution >= 4 is 15.9 Å². The lowest BCUT2D eigenvalue weighted by molar-refractivity contribution is 0.569. The quantitative estimate of drug-likeness (QED) is 0.774. The molecule has 0 unspecified atom stereocenters. The first-order valence-electron chi connectivity index (χ1n) is 5.97. The second-order valence-electron chi connectivity index (χ2n) is 5.44. The third-order valence-electron chi connectivity index (χ3n) is 2.85. The number of pyridine rings is 2. The van der Waals surface area contributed by atoms with E-state index in [2.05, 4.69) is 47.8 Å². The van der Waals surface area contributed by atoms with E-state index in [4.69, 9.17) is 4.98 Å². The lowest BCUT2D eigenvalue weighted by Gasteiger charge is -2.23. The van der Waals surface area contributed by atoms with E-state index in [1.165, 1.54) is 5.56 Å². The Hall–Kier alpha value is -1.22. The summed E-state index contributed by atoms with van der Waals surface area (Å²) in [5.74, 6) is 0. The molecule has 0 aromatic carbocycles. The van der Waals surface area contributed by atoms with E-state index in [-0.39, 0.29) is 5.41 Å². The van der Waals surface area contributed by atoms with Crippen LogP contribution in [0.15, 0.2) is 35.1 Å². The maximum Gasteiger partial charge on any atom is 0.0539 e. The highest BCUT2D eigenvalue weighted by atomic mass is 79.9. The zero-order valence-corrected chi connectivity index (χ0v) is 12.7. The third kappa shape index (κ3) is 2.61. The summed E-state index contributed by atoms with van der Waals surface area (Å²) in [5.41, 5.74) is 4.49. The Labute approximate surface area is 117 Å². The van der Waals surface area contributed by atoms with E-state index >= 15 is 0 Å². The monoisotopic (exact) mass is 304 g/mol. The van der Waals surface area contributed by atoms with E-state index < -0.39 is 0 Å². The molecule has 0 amide bonds. The molecule has 0 N–H and O–H groups in total. The minimum absolute atomic E-state index is 0.0179. The highest BCUT2D eigenvalue weighted by molar-refractivity contribution is 9.10. The number of hydrogen-bond donors (Lipinski definition) is 0. The van der Waals surface area contributed by atoms with Gasteiger partial charge in [-0.1, -0.05) is 20.8 Å². The second kappa shape index (κ2) is 4.81. The number of halogens is 1. The van der Waals surface area contributed by atoms with Crippen molar-refractivity contribution in [2.24, 2.45) is 0 Å². The molecular formula is C15H17BrN2. The van der Waals surface area contributed by atoms with Gasteiger partial charge in [-0.25, -0.2) is 0 Å². The van der Waals surface area contributed by atoms with Gasteiger partial charge in [0.2, 0.25) is 0 Å². The molecule has 2 aromatic rings. The summed E-state index contributed by atoms with van der Waals surface area (Å²) in [6, 6.07) is 6.19. The molecule has 3 heteroatoms. The summed E-state index contributed by atoms with van der Waals surface area (Å²) >= 11 is 3.57. The average molecular weight is 305 g/mol. The van der Waals surface area contributed by atoms with Crippen LogP contribution in [0.5, 0.6) is 0 Å². The van der Waals surface area contributed by atoms with E-state index in [1.807, 2.05) is 31.5 Å². The fourth-order valence-electron chi connectivity index (χ4n) is 1.90. The van der Waals surface area contributed by atoms with Gasteiger partial charge in [-0.05, 0) is 46.6 Å². The topological polar surface area (TPSA) is 25.8 Å². The first-order valence-corrected chi connectivity index (χ1v) is 6.77. The Morgan fingerprint density at radius 1 is 1.11 bits per heavy atom. The van der Waals surface area contributed by atoms with Crippen LogP contribution in [0.4, 0.5) is 0 Å². The first kappa shape index (κ1) is 13.2. The molecule has 2 nitrogen and oxygen atoms in total. The van der Waals surface area contributed by atoms with Crippen molar-refractivity contribution in [1.82, 2.24) is 9.97 Å². The van der Waals surface area contributed by atoms with Gasteiger partial charge in [-0.3, -0.25) is 9.97 Å². The van der Waals surface area contributed by atoms with Crippen molar-refractivity contribution in [3.05, 3.63) is 46.5 Å². The van der Waals surface area contributed by atoms with E-state index in [0.29, 0.717) is 0 Å². The van der Waals surface area contributed by atoms with Crippen LogP contribution in [0.2, 0.25) is 0 Å². The van der Waals surface area contributed by atoms with Gasteiger partial charge in [0, 0.05) is 27.8 Å². The van der Waals surface area contributed by atoms with Crippen molar-refractivity contribution in [3.63, 3.8) is 0 Å². The maximum absolute atomic E-state index is 4.75. The molecule has 2 rings (SSSR count). The number of hydrogen-bond acceptors (Lipinski definition) is 2. The molecule has 0 aliphatic heterocycles. The predicted molar refractivity (Wildman–Crippen MR) is 78.6 cm³/mol. The van der Waals surface area contributed by atoms with Crippen LogP contribution >= 0.6 is 15.9 Å². The summed E-state index contributed by atoms with van der Waals surface area (Å²) in [5, 5.41) is 0. The Morgan fingerprint density at radius 2 is 1.72 bits per heavy atom. The molecule has 94 valence electrons. The number of aryl methyl sites for hydroxylation is 1. The van der Waals surface area contributed by atoms with Gasteiger partial charge in [-0.2, -0.15) is 0 Å². The zero-order valence-electron chi connectivity index (χ0n) is 11.2. The molecule has 2 heterocycles. The van der Waals surface area contributed by atoms with Crippen LogP contribution in [0.3, 0.4) is 0 Å². The fourth-order valence-corrected chi connectivity index (χ4v) is 2.22. The van der Waals surface area contributed by atoms with Crippen LogP contribution in [0, 0.1) is 6.92 Å². The molecule has 0 spiro atoms. The Morgan fingerprint density at radius 3 is 2.28 bits per heavy atom. The van der Waals surface area contributed by atoms with E-state index in [9.17, 15) is 0 Å². The van der Waals surface area contributed by atoms with Gasteiger partial charge in [0.15, 0.2) is 0 Å². The second-order valence-corrected chi connectivity index (χ2v) is 6.29. The van der Waals surface area contributed by atoms with Crippen molar-refractivity contribution < 1.29 is 0 Å². The van der Waals surface area contributed by atoms with E-state index in [1.54, 1.807) is 0 Å². The first-order chi connectivity index (χ1) is 8.39. The summed E-state index contributed by atoms with van der Waals surface area (Å²) < 4.78 is 1.04. The molecule has 0 aliphatic rings. The minimum Gasteiger partial charge on any atom is -0.265 e. The van der Waals surface area contributed by atoms with E-state index in [0.717, 1.165) is 21.4 Å². The van der Waals surface area contributed by atoms with Crippen molar-refractivity contribution in [2.45, 2.75) is 33.1 Å². The predicted octanol–water partition coefficient (Wildman–Crippen LogP) is 4.51. The molecule has 0 radical (unpaired) electrons. The highest BCUT2D eigenvalue weighted by Crippen LogP contribution is 2.34. The summed E-state index contributed by atoms with van der Waals surface area (Å²) in [6.45, 7) is 8.59. The Kier molecular flexibility index (Phi) is 3.53. The van der Waals surface area contributed by atoms with Crippen molar-refractivity contribution in [3.8, 4) is 11.1 Å². The summed E-state index contributed by atoms with van der Waals surface area (Å²) in [6.07, 6.45) is 3.63. The average Bonchev–Trinajstić information content (AvgIpc) is 2.32. The molecule has 0 saturated carbocycles. The highest BCUT2D eigenvalue weighted by Gasteiger charge is 2.21. The minimum atomic E-state index is 0.0179. The largest absolute Gasteiger partial charge is 0.265 e. The molecule has 0 atom stereocenters. The zero-order chi connectivity index (χ0) is 13.3. The van der Waals surface area contributed by atoms with Gasteiger partial charge in [-0.15, -0.1) is 0 Å². The normalized spacial score (nSPS) is 11.6. The molecule has 18 heavy (non-hydrogen) atoms. The molecular weight excluding hydrogens is 288 g/mol. The molecule has 0 saturated heterocycles. The van der Waals surface area contributed by atoms with Gasteiger partial charge in [0.05, 0.1) is 11.4 Å². The van der Waals surface area contributed by atoms with Gasteiger partial charge in [0.25, 0.3) is 0 Å². The number of nitrogens with zero attached hydrogens (tertiary/aromatic N) is 2. The van der Waals surface area contributed by atoms with Gasteiger partial charge >= 0.3 is 0 Å².